The third-order valence-electron chi connectivity index (χ3n) is 3.22. The zero-order valence-corrected chi connectivity index (χ0v) is 10.8. The lowest BCUT2D eigenvalue weighted by Gasteiger charge is -2.08. The van der Waals surface area contributed by atoms with Gasteiger partial charge in [0.25, 0.3) is 11.2 Å². The van der Waals surface area contributed by atoms with E-state index in [0.29, 0.717) is 22.2 Å². The van der Waals surface area contributed by atoms with Gasteiger partial charge in [0.2, 0.25) is 0 Å². The van der Waals surface area contributed by atoms with Gasteiger partial charge in [0.05, 0.1) is 27.7 Å². The van der Waals surface area contributed by atoms with Crippen LogP contribution in [-0.2, 0) is 0 Å². The number of aromatic amines is 1. The van der Waals surface area contributed by atoms with Crippen molar-refractivity contribution in [3.63, 3.8) is 0 Å². The smallest absolute Gasteiger partial charge is 0.279 e. The first-order valence-corrected chi connectivity index (χ1v) is 6.13. The van der Waals surface area contributed by atoms with E-state index in [1.165, 1.54) is 24.5 Å². The topological polar surface area (TPSA) is 89.1 Å². The minimum atomic E-state index is -0.486. The van der Waals surface area contributed by atoms with Gasteiger partial charge in [-0.2, -0.15) is 0 Å². The molecule has 3 rings (SSSR count). The Bertz CT molecular complexity index is 907. The second-order valence-corrected chi connectivity index (χ2v) is 4.38. The largest absolute Gasteiger partial charge is 0.464 e. The number of nitrogens with one attached hydrogen (secondary N) is 1. The zero-order chi connectivity index (χ0) is 15.0. The number of fused-ring (bicyclic) bond motifs is 1. The number of hydrogen-bond donors (Lipinski definition) is 1. The fourth-order valence-corrected chi connectivity index (χ4v) is 2.37. The Labute approximate surface area is 118 Å². The van der Waals surface area contributed by atoms with Crippen molar-refractivity contribution >= 4 is 22.7 Å². The van der Waals surface area contributed by atoms with Gasteiger partial charge >= 0.3 is 0 Å². The molecule has 0 fully saturated rings. The molecule has 1 aromatic carbocycles. The molecule has 0 unspecified atom stereocenters. The second kappa shape index (κ2) is 4.75. The van der Waals surface area contributed by atoms with E-state index < -0.39 is 4.92 Å². The highest BCUT2D eigenvalue weighted by Gasteiger charge is 2.22. The van der Waals surface area contributed by atoms with Gasteiger partial charge in [-0.25, -0.2) is 0 Å². The molecule has 6 nitrogen and oxygen atoms in total. The first kappa shape index (κ1) is 12.9. The van der Waals surface area contributed by atoms with E-state index in [1.807, 2.05) is 0 Å². The first-order chi connectivity index (χ1) is 10.1. The minimum Gasteiger partial charge on any atom is -0.464 e. The summed E-state index contributed by atoms with van der Waals surface area (Å²) in [6, 6.07) is 7.83. The molecule has 2 aromatic heterocycles. The molecule has 0 aliphatic carbocycles. The third-order valence-corrected chi connectivity index (χ3v) is 3.22. The summed E-state index contributed by atoms with van der Waals surface area (Å²) in [6.45, 7) is 3.61. The summed E-state index contributed by atoms with van der Waals surface area (Å²) < 4.78 is 5.34. The summed E-state index contributed by atoms with van der Waals surface area (Å²) in [5.74, 6) is 0.385. The van der Waals surface area contributed by atoms with Crippen molar-refractivity contribution in [2.45, 2.75) is 0 Å². The normalized spacial score (nSPS) is 10.7. The highest BCUT2D eigenvalue weighted by Crippen LogP contribution is 2.35. The molecule has 0 aliphatic rings. The molecule has 0 spiro atoms. The van der Waals surface area contributed by atoms with E-state index in [4.69, 9.17) is 4.42 Å². The van der Waals surface area contributed by atoms with Gasteiger partial charge in [0.15, 0.2) is 0 Å². The predicted octanol–water partition coefficient (Wildman–Crippen LogP) is 3.34. The highest BCUT2D eigenvalue weighted by atomic mass is 16.6. The maximum Gasteiger partial charge on any atom is 0.279 e. The van der Waals surface area contributed by atoms with Gasteiger partial charge in [-0.3, -0.25) is 14.9 Å². The maximum absolute atomic E-state index is 12.1. The Kier molecular flexibility index (Phi) is 2.91. The van der Waals surface area contributed by atoms with E-state index in [-0.39, 0.29) is 16.8 Å². The standard InChI is InChI=1S/C15H10N2O4/c1-2-9-13(12-7-4-8-21-12)14-10(16-15(9)18)5-3-6-11(14)17(19)20/h2-8H,1H2,(H,16,18). The van der Waals surface area contributed by atoms with Gasteiger partial charge < -0.3 is 9.40 Å². The van der Waals surface area contributed by atoms with Crippen molar-refractivity contribution in [2.24, 2.45) is 0 Å². The molecule has 3 aromatic rings. The van der Waals surface area contributed by atoms with Crippen molar-refractivity contribution in [1.82, 2.24) is 4.98 Å². The summed E-state index contributed by atoms with van der Waals surface area (Å²) in [5.41, 5.74) is 0.529. The van der Waals surface area contributed by atoms with E-state index in [2.05, 4.69) is 11.6 Å². The number of hydrogen-bond acceptors (Lipinski definition) is 4. The molecular weight excluding hydrogens is 272 g/mol. The summed E-state index contributed by atoms with van der Waals surface area (Å²) in [6.07, 6.45) is 2.82. The number of pyridine rings is 1. The number of nitro benzene ring substituents is 1. The summed E-state index contributed by atoms with van der Waals surface area (Å²) >= 11 is 0. The molecule has 2 heterocycles. The monoisotopic (exact) mass is 282 g/mol. The Morgan fingerprint density at radius 1 is 1.29 bits per heavy atom. The third kappa shape index (κ3) is 1.93. The van der Waals surface area contributed by atoms with Gasteiger partial charge in [-0.05, 0) is 18.2 Å². The Hall–Kier alpha value is -3.15. The van der Waals surface area contributed by atoms with Crippen LogP contribution < -0.4 is 5.56 Å². The molecule has 6 heteroatoms. The molecule has 0 aliphatic heterocycles. The van der Waals surface area contributed by atoms with Gasteiger partial charge in [0.1, 0.15) is 5.76 Å². The average molecular weight is 282 g/mol. The highest BCUT2D eigenvalue weighted by molar-refractivity contribution is 6.02. The number of nitro groups is 1. The van der Waals surface area contributed by atoms with Crippen LogP contribution >= 0.6 is 0 Å². The van der Waals surface area contributed by atoms with E-state index in [0.717, 1.165) is 0 Å². The number of H-pyrrole nitrogens is 1. The molecule has 104 valence electrons. The molecular formula is C15H10N2O4. The molecule has 0 atom stereocenters. The van der Waals surface area contributed by atoms with Crippen LogP contribution in [0.5, 0.6) is 0 Å². The zero-order valence-electron chi connectivity index (χ0n) is 10.8. The molecule has 1 N–H and O–H groups in total. The Morgan fingerprint density at radius 3 is 2.71 bits per heavy atom. The Balaban J connectivity index is 2.59. The van der Waals surface area contributed by atoms with Crippen LogP contribution in [0.3, 0.4) is 0 Å². The number of aromatic nitrogens is 1. The van der Waals surface area contributed by atoms with Gasteiger partial charge in [-0.15, -0.1) is 0 Å². The van der Waals surface area contributed by atoms with Crippen LogP contribution in [-0.4, -0.2) is 9.91 Å². The van der Waals surface area contributed by atoms with Gasteiger partial charge in [0, 0.05) is 11.6 Å². The van der Waals surface area contributed by atoms with Crippen molar-refractivity contribution in [3.8, 4) is 11.3 Å². The van der Waals surface area contributed by atoms with Crippen LogP contribution in [0, 0.1) is 10.1 Å². The fourth-order valence-electron chi connectivity index (χ4n) is 2.37. The average Bonchev–Trinajstić information content (AvgIpc) is 2.98. The molecule has 0 saturated heterocycles. The molecule has 0 saturated carbocycles. The molecule has 0 bridgehead atoms. The number of nitrogens with zero attached hydrogens (tertiary/aromatic N) is 1. The lowest BCUT2D eigenvalue weighted by atomic mass is 9.99. The number of rotatable bonds is 3. The van der Waals surface area contributed by atoms with Crippen LogP contribution in [0.15, 0.2) is 52.4 Å². The lowest BCUT2D eigenvalue weighted by molar-refractivity contribution is -0.383. The van der Waals surface area contributed by atoms with Crippen molar-refractivity contribution in [1.29, 1.82) is 0 Å². The SMILES string of the molecule is C=Cc1c(-c2ccco2)c2c([N+](=O)[O-])cccc2[nH]c1=O. The van der Waals surface area contributed by atoms with E-state index >= 15 is 0 Å². The van der Waals surface area contributed by atoms with Gasteiger partial charge in [-0.1, -0.05) is 18.7 Å². The van der Waals surface area contributed by atoms with Crippen LogP contribution in [0.1, 0.15) is 5.56 Å². The molecule has 0 radical (unpaired) electrons. The van der Waals surface area contributed by atoms with Crippen molar-refractivity contribution in [2.75, 3.05) is 0 Å². The Morgan fingerprint density at radius 2 is 2.10 bits per heavy atom. The number of furan rings is 1. The number of non-ortho nitro benzene ring substituents is 1. The summed E-state index contributed by atoms with van der Waals surface area (Å²) in [5, 5.41) is 11.6. The van der Waals surface area contributed by atoms with Crippen LogP contribution in [0.2, 0.25) is 0 Å². The number of benzene rings is 1. The van der Waals surface area contributed by atoms with Crippen molar-refractivity contribution < 1.29 is 9.34 Å². The molecule has 0 amide bonds. The minimum absolute atomic E-state index is 0.0988. The summed E-state index contributed by atoms with van der Waals surface area (Å²) in [4.78, 5) is 25.5. The maximum atomic E-state index is 12.1. The quantitative estimate of drug-likeness (QED) is 0.589. The van der Waals surface area contributed by atoms with Crippen LogP contribution in [0.25, 0.3) is 28.3 Å². The lowest BCUT2D eigenvalue weighted by Crippen LogP contribution is -2.11. The van der Waals surface area contributed by atoms with Crippen LogP contribution in [0.4, 0.5) is 5.69 Å². The van der Waals surface area contributed by atoms with E-state index in [1.54, 1.807) is 18.2 Å². The molecule has 21 heavy (non-hydrogen) atoms. The predicted molar refractivity (Wildman–Crippen MR) is 79.0 cm³/mol. The summed E-state index contributed by atoms with van der Waals surface area (Å²) in [7, 11) is 0. The second-order valence-electron chi connectivity index (χ2n) is 4.38. The van der Waals surface area contributed by atoms with E-state index in [9.17, 15) is 14.9 Å². The fraction of sp³-hybridized carbons (Fsp3) is 0. The first-order valence-electron chi connectivity index (χ1n) is 6.13. The van der Waals surface area contributed by atoms with Crippen molar-refractivity contribution in [3.05, 3.63) is 69.2 Å².